The van der Waals surface area contributed by atoms with Gasteiger partial charge in [-0.15, -0.1) is 0 Å². The van der Waals surface area contributed by atoms with Crippen LogP contribution in [0.25, 0.3) is 6.08 Å². The number of ether oxygens (including phenoxy) is 2. The fourth-order valence-corrected chi connectivity index (χ4v) is 1.72. The number of methoxy groups -OCH3 is 1. The van der Waals surface area contributed by atoms with Crippen LogP contribution in [0.1, 0.15) is 25.0 Å². The minimum absolute atomic E-state index is 0.214. The summed E-state index contributed by atoms with van der Waals surface area (Å²) >= 11 is 0. The molecular weight excluding hydrogens is 188 g/mol. The zero-order valence-corrected chi connectivity index (χ0v) is 9.63. The average Bonchev–Trinajstić information content (AvgIpc) is 2.15. The van der Waals surface area contributed by atoms with Crippen molar-refractivity contribution in [2.75, 3.05) is 7.11 Å². The van der Waals surface area contributed by atoms with Crippen molar-refractivity contribution in [2.24, 2.45) is 0 Å². The summed E-state index contributed by atoms with van der Waals surface area (Å²) in [7, 11) is 1.69. The molecule has 0 aliphatic carbocycles. The molecule has 2 nitrogen and oxygen atoms in total. The molecule has 0 spiro atoms. The average molecular weight is 204 g/mol. The van der Waals surface area contributed by atoms with Crippen molar-refractivity contribution >= 4 is 6.08 Å². The molecule has 0 aromatic heterocycles. The Bertz CT molecular complexity index is 417. The lowest BCUT2D eigenvalue weighted by Gasteiger charge is -2.28. The van der Waals surface area contributed by atoms with Gasteiger partial charge in [0.05, 0.1) is 7.11 Å². The maximum Gasteiger partial charge on any atom is 0.128 e. The van der Waals surface area contributed by atoms with Crippen LogP contribution in [0, 0.1) is 6.92 Å². The molecule has 0 fully saturated rings. The van der Waals surface area contributed by atoms with Crippen LogP contribution in [0.15, 0.2) is 18.2 Å². The molecule has 2 heteroatoms. The molecule has 15 heavy (non-hydrogen) atoms. The van der Waals surface area contributed by atoms with E-state index < -0.39 is 0 Å². The molecule has 2 rings (SSSR count). The van der Waals surface area contributed by atoms with E-state index in [0.717, 1.165) is 22.6 Å². The van der Waals surface area contributed by atoms with Crippen molar-refractivity contribution in [1.29, 1.82) is 0 Å². The van der Waals surface area contributed by atoms with Gasteiger partial charge in [-0.3, -0.25) is 0 Å². The molecule has 1 aromatic carbocycles. The lowest BCUT2D eigenvalue weighted by molar-refractivity contribution is 0.158. The zero-order valence-electron chi connectivity index (χ0n) is 9.63. The highest BCUT2D eigenvalue weighted by Gasteiger charge is 2.22. The highest BCUT2D eigenvalue weighted by molar-refractivity contribution is 5.64. The number of rotatable bonds is 1. The Morgan fingerprint density at radius 1 is 1.27 bits per heavy atom. The molecule has 1 aromatic rings. The molecule has 1 heterocycles. The van der Waals surface area contributed by atoms with Crippen LogP contribution in [0.3, 0.4) is 0 Å². The van der Waals surface area contributed by atoms with Gasteiger partial charge in [-0.1, -0.05) is 6.08 Å². The predicted octanol–water partition coefficient (Wildman–Crippen LogP) is 3.19. The largest absolute Gasteiger partial charge is 0.496 e. The van der Waals surface area contributed by atoms with E-state index in [1.165, 1.54) is 0 Å². The van der Waals surface area contributed by atoms with E-state index in [4.69, 9.17) is 9.47 Å². The van der Waals surface area contributed by atoms with Gasteiger partial charge in [-0.25, -0.2) is 0 Å². The van der Waals surface area contributed by atoms with Crippen molar-refractivity contribution in [3.05, 3.63) is 29.3 Å². The van der Waals surface area contributed by atoms with Gasteiger partial charge in [0.15, 0.2) is 0 Å². The monoisotopic (exact) mass is 204 g/mol. The third-order valence-corrected chi connectivity index (χ3v) is 2.56. The first kappa shape index (κ1) is 10.1. The minimum atomic E-state index is -0.214. The summed E-state index contributed by atoms with van der Waals surface area (Å²) in [5, 5.41) is 0. The molecule has 0 amide bonds. The van der Waals surface area contributed by atoms with Crippen LogP contribution in [0.4, 0.5) is 0 Å². The van der Waals surface area contributed by atoms with E-state index in [1.807, 2.05) is 32.9 Å². The van der Waals surface area contributed by atoms with Gasteiger partial charge >= 0.3 is 0 Å². The molecule has 0 saturated carbocycles. The maximum absolute atomic E-state index is 5.86. The van der Waals surface area contributed by atoms with E-state index in [2.05, 4.69) is 12.2 Å². The Hall–Kier alpha value is -1.44. The van der Waals surface area contributed by atoms with Crippen molar-refractivity contribution in [3.63, 3.8) is 0 Å². The first-order valence-electron chi connectivity index (χ1n) is 5.09. The van der Waals surface area contributed by atoms with E-state index in [0.29, 0.717) is 0 Å². The van der Waals surface area contributed by atoms with Crippen LogP contribution >= 0.6 is 0 Å². The lowest BCUT2D eigenvalue weighted by Crippen LogP contribution is -2.27. The van der Waals surface area contributed by atoms with Gasteiger partial charge in [0.2, 0.25) is 0 Å². The molecule has 0 atom stereocenters. The second kappa shape index (κ2) is 3.30. The highest BCUT2D eigenvalue weighted by atomic mass is 16.5. The minimum Gasteiger partial charge on any atom is -0.496 e. The molecular formula is C13H16O2. The quantitative estimate of drug-likeness (QED) is 0.699. The second-order valence-electron chi connectivity index (χ2n) is 4.40. The van der Waals surface area contributed by atoms with Gasteiger partial charge in [-0.05, 0) is 44.5 Å². The summed E-state index contributed by atoms with van der Waals surface area (Å²) in [6.45, 7) is 6.12. The third kappa shape index (κ3) is 1.84. The number of hydrogen-bond acceptors (Lipinski definition) is 2. The Morgan fingerprint density at radius 3 is 2.67 bits per heavy atom. The number of fused-ring (bicyclic) bond motifs is 1. The molecule has 1 aliphatic rings. The van der Waals surface area contributed by atoms with Gasteiger partial charge in [0.1, 0.15) is 17.1 Å². The van der Waals surface area contributed by atoms with Crippen LogP contribution in [0.5, 0.6) is 11.5 Å². The number of aryl methyl sites for hydroxylation is 1. The van der Waals surface area contributed by atoms with E-state index >= 15 is 0 Å². The molecule has 80 valence electrons. The molecule has 0 saturated heterocycles. The number of benzene rings is 1. The summed E-state index contributed by atoms with van der Waals surface area (Å²) in [6.07, 6.45) is 4.14. The lowest BCUT2D eigenvalue weighted by atomic mass is 10.0. The Balaban J connectivity index is 2.49. The SMILES string of the molecule is COc1cc2c(cc1C)OC(C)(C)C=C2. The molecule has 0 radical (unpaired) electrons. The zero-order chi connectivity index (χ0) is 11.1. The van der Waals surface area contributed by atoms with Crippen LogP contribution in [0.2, 0.25) is 0 Å². The van der Waals surface area contributed by atoms with Crippen molar-refractivity contribution in [2.45, 2.75) is 26.4 Å². The smallest absolute Gasteiger partial charge is 0.128 e. The fourth-order valence-electron chi connectivity index (χ4n) is 1.72. The second-order valence-corrected chi connectivity index (χ2v) is 4.40. The molecule has 0 bridgehead atoms. The Morgan fingerprint density at radius 2 is 2.00 bits per heavy atom. The van der Waals surface area contributed by atoms with Gasteiger partial charge in [0.25, 0.3) is 0 Å². The van der Waals surface area contributed by atoms with Crippen molar-refractivity contribution in [3.8, 4) is 11.5 Å². The predicted molar refractivity (Wildman–Crippen MR) is 61.5 cm³/mol. The summed E-state index contributed by atoms with van der Waals surface area (Å²) < 4.78 is 11.1. The summed E-state index contributed by atoms with van der Waals surface area (Å²) in [5.74, 6) is 1.84. The van der Waals surface area contributed by atoms with Crippen molar-refractivity contribution < 1.29 is 9.47 Å². The van der Waals surface area contributed by atoms with Crippen LogP contribution in [-0.4, -0.2) is 12.7 Å². The summed E-state index contributed by atoms with van der Waals surface area (Å²) in [6, 6.07) is 4.04. The Labute approximate surface area is 90.5 Å². The first-order chi connectivity index (χ1) is 7.02. The van der Waals surface area contributed by atoms with E-state index in [-0.39, 0.29) is 5.60 Å². The topological polar surface area (TPSA) is 18.5 Å². The standard InChI is InChI=1S/C13H16O2/c1-9-7-12-10(8-11(9)14-4)5-6-13(2,3)15-12/h5-8H,1-4H3. The van der Waals surface area contributed by atoms with Gasteiger partial charge < -0.3 is 9.47 Å². The molecule has 1 aliphatic heterocycles. The molecule has 0 unspecified atom stereocenters. The van der Waals surface area contributed by atoms with Crippen molar-refractivity contribution in [1.82, 2.24) is 0 Å². The van der Waals surface area contributed by atoms with Crippen LogP contribution < -0.4 is 9.47 Å². The van der Waals surface area contributed by atoms with Crippen LogP contribution in [-0.2, 0) is 0 Å². The maximum atomic E-state index is 5.86. The van der Waals surface area contributed by atoms with E-state index in [9.17, 15) is 0 Å². The summed E-state index contributed by atoms with van der Waals surface area (Å²) in [4.78, 5) is 0. The van der Waals surface area contributed by atoms with Gasteiger partial charge in [0, 0.05) is 5.56 Å². The normalized spacial score (nSPS) is 16.8. The highest BCUT2D eigenvalue weighted by Crippen LogP contribution is 2.35. The first-order valence-corrected chi connectivity index (χ1v) is 5.09. The summed E-state index contributed by atoms with van der Waals surface area (Å²) in [5.41, 5.74) is 1.97. The third-order valence-electron chi connectivity index (χ3n) is 2.56. The van der Waals surface area contributed by atoms with Gasteiger partial charge in [-0.2, -0.15) is 0 Å². The van der Waals surface area contributed by atoms with E-state index in [1.54, 1.807) is 7.11 Å². The molecule has 0 N–H and O–H groups in total. The fraction of sp³-hybridized carbons (Fsp3) is 0.385. The Kier molecular flexibility index (Phi) is 2.22. The number of hydrogen-bond donors (Lipinski definition) is 0.